The van der Waals surface area contributed by atoms with Crippen molar-refractivity contribution in [1.29, 1.82) is 0 Å². The monoisotopic (exact) mass is 426 g/mol. The van der Waals surface area contributed by atoms with Crippen molar-refractivity contribution in [2.24, 2.45) is 0 Å². The van der Waals surface area contributed by atoms with E-state index in [1.54, 1.807) is 12.1 Å². The Bertz CT molecular complexity index is 817. The van der Waals surface area contributed by atoms with Gasteiger partial charge in [0.25, 0.3) is 0 Å². The quantitative estimate of drug-likeness (QED) is 0.564. The van der Waals surface area contributed by atoms with E-state index in [0.29, 0.717) is 16.6 Å². The van der Waals surface area contributed by atoms with E-state index in [1.807, 2.05) is 30.3 Å². The molecule has 1 heterocycles. The summed E-state index contributed by atoms with van der Waals surface area (Å²) in [5.74, 6) is 0.946. The summed E-state index contributed by atoms with van der Waals surface area (Å²) in [6.07, 6.45) is 0. The lowest BCUT2D eigenvalue weighted by molar-refractivity contribution is 0.436. The Hall–Kier alpha value is -1.30. The summed E-state index contributed by atoms with van der Waals surface area (Å²) in [5, 5.41) is 4.54. The maximum atomic E-state index is 5.99. The van der Waals surface area contributed by atoms with Crippen molar-refractivity contribution in [3.63, 3.8) is 0 Å². The highest BCUT2D eigenvalue weighted by molar-refractivity contribution is 9.11. The number of hydrogen-bond acceptors (Lipinski definition) is 3. The third-order valence-corrected chi connectivity index (χ3v) is 4.62. The van der Waals surface area contributed by atoms with E-state index in [4.69, 9.17) is 21.9 Å². The zero-order valence-corrected chi connectivity index (χ0v) is 14.5. The van der Waals surface area contributed by atoms with Crippen molar-refractivity contribution in [3.8, 4) is 22.5 Å². The normalized spacial score (nSPS) is 10.8. The highest BCUT2D eigenvalue weighted by atomic mass is 79.9. The molecule has 0 unspecified atom stereocenters. The van der Waals surface area contributed by atoms with Gasteiger partial charge in [-0.3, -0.25) is 0 Å². The molecular formula is C15H9Br2ClN2O. The van der Waals surface area contributed by atoms with Crippen LogP contribution in [-0.4, -0.2) is 5.16 Å². The largest absolute Gasteiger partial charge is 0.380 e. The van der Waals surface area contributed by atoms with Gasteiger partial charge < -0.3 is 10.3 Å². The highest BCUT2D eigenvalue weighted by Gasteiger charge is 2.21. The molecule has 21 heavy (non-hydrogen) atoms. The molecule has 3 aromatic rings. The topological polar surface area (TPSA) is 52.0 Å². The number of halogens is 3. The third-order valence-electron chi connectivity index (χ3n) is 3.04. The van der Waals surface area contributed by atoms with Gasteiger partial charge in [0.05, 0.1) is 5.56 Å². The van der Waals surface area contributed by atoms with Gasteiger partial charge >= 0.3 is 0 Å². The zero-order chi connectivity index (χ0) is 15.0. The predicted octanol–water partition coefficient (Wildman–Crippen LogP) is 5.77. The summed E-state index contributed by atoms with van der Waals surface area (Å²) in [7, 11) is 0. The van der Waals surface area contributed by atoms with E-state index >= 15 is 0 Å². The summed E-state index contributed by atoms with van der Waals surface area (Å²) in [5.41, 5.74) is 8.51. The second-order valence-electron chi connectivity index (χ2n) is 4.38. The number of nitrogens with two attached hydrogens (primary N) is 1. The molecule has 0 saturated heterocycles. The smallest absolute Gasteiger partial charge is 0.178 e. The van der Waals surface area contributed by atoms with Crippen LogP contribution in [-0.2, 0) is 0 Å². The highest BCUT2D eigenvalue weighted by Crippen LogP contribution is 2.42. The molecule has 0 amide bonds. The number of hydrogen-bond donors (Lipinski definition) is 1. The molecule has 3 rings (SSSR count). The summed E-state index contributed by atoms with van der Waals surface area (Å²) >= 11 is 13.0. The van der Waals surface area contributed by atoms with Crippen LogP contribution in [0, 0.1) is 0 Å². The van der Waals surface area contributed by atoms with Crippen molar-refractivity contribution in [3.05, 3.63) is 56.4 Å². The number of rotatable bonds is 2. The zero-order valence-electron chi connectivity index (χ0n) is 10.6. The Labute approximate surface area is 143 Å². The van der Waals surface area contributed by atoms with E-state index < -0.39 is 0 Å². The summed E-state index contributed by atoms with van der Waals surface area (Å²) in [4.78, 5) is 0. The number of aromatic nitrogens is 1. The van der Waals surface area contributed by atoms with E-state index in [0.717, 1.165) is 25.6 Å². The molecule has 3 nitrogen and oxygen atoms in total. The van der Waals surface area contributed by atoms with Crippen molar-refractivity contribution >= 4 is 49.3 Å². The predicted molar refractivity (Wildman–Crippen MR) is 92.2 cm³/mol. The van der Waals surface area contributed by atoms with Crippen LogP contribution in [0.2, 0.25) is 5.02 Å². The van der Waals surface area contributed by atoms with Gasteiger partial charge in [0, 0.05) is 25.1 Å². The minimum Gasteiger partial charge on any atom is -0.380 e. The molecule has 2 N–H and O–H groups in total. The van der Waals surface area contributed by atoms with Gasteiger partial charge in [-0.15, -0.1) is 0 Å². The lowest BCUT2D eigenvalue weighted by Crippen LogP contribution is -1.90. The van der Waals surface area contributed by atoms with Crippen LogP contribution in [0.25, 0.3) is 22.5 Å². The van der Waals surface area contributed by atoms with Crippen LogP contribution in [0.1, 0.15) is 0 Å². The average molecular weight is 429 g/mol. The molecule has 0 aliphatic rings. The molecule has 1 aromatic heterocycles. The van der Waals surface area contributed by atoms with Gasteiger partial charge in [-0.25, -0.2) is 0 Å². The van der Waals surface area contributed by atoms with Crippen LogP contribution in [0.4, 0.5) is 5.82 Å². The third kappa shape index (κ3) is 2.73. The molecule has 0 radical (unpaired) electrons. The van der Waals surface area contributed by atoms with Gasteiger partial charge in [-0.1, -0.05) is 50.9 Å². The van der Waals surface area contributed by atoms with Crippen molar-refractivity contribution in [2.45, 2.75) is 0 Å². The van der Waals surface area contributed by atoms with Gasteiger partial charge in [0.2, 0.25) is 0 Å². The summed E-state index contributed by atoms with van der Waals surface area (Å²) in [6.45, 7) is 0. The van der Waals surface area contributed by atoms with Crippen LogP contribution in [0.15, 0.2) is 55.9 Å². The minimum absolute atomic E-state index is 0.346. The molecule has 0 atom stereocenters. The SMILES string of the molecule is Nc1noc(-c2ccc(Cl)cc2Br)c1-c1ccccc1Br. The molecule has 6 heteroatoms. The second kappa shape index (κ2) is 5.83. The first kappa shape index (κ1) is 14.6. The molecular weight excluding hydrogens is 419 g/mol. The molecule has 2 aromatic carbocycles. The molecule has 0 aliphatic heterocycles. The first-order valence-electron chi connectivity index (χ1n) is 6.03. The van der Waals surface area contributed by atoms with Crippen LogP contribution < -0.4 is 5.73 Å². The maximum absolute atomic E-state index is 5.99. The molecule has 0 fully saturated rings. The van der Waals surface area contributed by atoms with Crippen molar-refractivity contribution in [2.75, 3.05) is 5.73 Å². The van der Waals surface area contributed by atoms with Crippen LogP contribution in [0.3, 0.4) is 0 Å². The Morgan fingerprint density at radius 2 is 1.76 bits per heavy atom. The Balaban J connectivity index is 2.25. The Morgan fingerprint density at radius 1 is 1.00 bits per heavy atom. The van der Waals surface area contributed by atoms with Crippen LogP contribution >= 0.6 is 43.5 Å². The van der Waals surface area contributed by atoms with Gasteiger partial charge in [-0.05, 0) is 40.2 Å². The first-order valence-corrected chi connectivity index (χ1v) is 8.00. The fourth-order valence-corrected chi connectivity index (χ4v) is 3.43. The molecule has 0 aliphatic carbocycles. The standard InChI is InChI=1S/C15H9Br2ClN2O/c16-11-4-2-1-3-9(11)13-14(21-20-15(13)19)10-6-5-8(18)7-12(10)17/h1-7H,(H2,19,20). The lowest BCUT2D eigenvalue weighted by Gasteiger charge is -2.07. The Kier molecular flexibility index (Phi) is 4.06. The number of anilines is 1. The van der Waals surface area contributed by atoms with E-state index in [9.17, 15) is 0 Å². The fourth-order valence-electron chi connectivity index (χ4n) is 2.08. The molecule has 0 bridgehead atoms. The van der Waals surface area contributed by atoms with E-state index in [1.165, 1.54) is 0 Å². The maximum Gasteiger partial charge on any atom is 0.178 e. The summed E-state index contributed by atoms with van der Waals surface area (Å²) in [6, 6.07) is 13.3. The van der Waals surface area contributed by atoms with E-state index in [2.05, 4.69) is 37.0 Å². The number of nitrogens with zero attached hydrogens (tertiary/aromatic N) is 1. The Morgan fingerprint density at radius 3 is 2.48 bits per heavy atom. The number of nitrogen functional groups attached to an aromatic ring is 1. The van der Waals surface area contributed by atoms with Crippen LogP contribution in [0.5, 0.6) is 0 Å². The van der Waals surface area contributed by atoms with E-state index in [-0.39, 0.29) is 0 Å². The molecule has 0 spiro atoms. The minimum atomic E-state index is 0.346. The van der Waals surface area contributed by atoms with Gasteiger partial charge in [0.15, 0.2) is 11.6 Å². The van der Waals surface area contributed by atoms with Gasteiger partial charge in [-0.2, -0.15) is 0 Å². The summed E-state index contributed by atoms with van der Waals surface area (Å²) < 4.78 is 7.18. The second-order valence-corrected chi connectivity index (χ2v) is 6.52. The lowest BCUT2D eigenvalue weighted by atomic mass is 10.0. The first-order chi connectivity index (χ1) is 10.1. The van der Waals surface area contributed by atoms with Gasteiger partial charge in [0.1, 0.15) is 0 Å². The average Bonchev–Trinajstić information content (AvgIpc) is 2.81. The number of benzene rings is 2. The fraction of sp³-hybridized carbons (Fsp3) is 0. The molecule has 0 saturated carbocycles. The van der Waals surface area contributed by atoms with Crippen molar-refractivity contribution in [1.82, 2.24) is 5.16 Å². The van der Waals surface area contributed by atoms with Crippen molar-refractivity contribution < 1.29 is 4.52 Å². The molecule has 106 valence electrons.